The fourth-order valence-corrected chi connectivity index (χ4v) is 2.77. The molecule has 2 fully saturated rings. The smallest absolute Gasteiger partial charge is 0.223 e. The number of nitrogens with one attached hydrogen (secondary N) is 1. The summed E-state index contributed by atoms with van der Waals surface area (Å²) < 4.78 is 5.27. The fourth-order valence-electron chi connectivity index (χ4n) is 2.77. The van der Waals surface area contributed by atoms with Gasteiger partial charge in [0.1, 0.15) is 0 Å². The van der Waals surface area contributed by atoms with Crippen LogP contribution in [0.4, 0.5) is 0 Å². The van der Waals surface area contributed by atoms with Crippen LogP contribution >= 0.6 is 0 Å². The molecule has 2 heterocycles. The SMILES string of the molecule is NC(CN1CCC(NC(=O)C2CCOCC2)CC1)=NO. The van der Waals surface area contributed by atoms with Crippen LogP contribution in [0.25, 0.3) is 0 Å². The highest BCUT2D eigenvalue weighted by molar-refractivity contribution is 5.81. The number of amides is 1. The molecule has 0 atom stereocenters. The minimum absolute atomic E-state index is 0.110. The van der Waals surface area contributed by atoms with Crippen LogP contribution in [0.15, 0.2) is 5.16 Å². The number of amidine groups is 1. The van der Waals surface area contributed by atoms with Crippen molar-refractivity contribution in [3.05, 3.63) is 0 Å². The average Bonchev–Trinajstić information content (AvgIpc) is 2.50. The van der Waals surface area contributed by atoms with Gasteiger partial charge in [-0.1, -0.05) is 5.16 Å². The molecule has 0 spiro atoms. The Labute approximate surface area is 119 Å². The molecule has 20 heavy (non-hydrogen) atoms. The summed E-state index contributed by atoms with van der Waals surface area (Å²) in [6.07, 6.45) is 3.48. The summed E-state index contributed by atoms with van der Waals surface area (Å²) in [6.45, 7) is 3.58. The summed E-state index contributed by atoms with van der Waals surface area (Å²) in [4.78, 5) is 14.3. The molecule has 0 bridgehead atoms. The number of rotatable bonds is 4. The molecule has 7 heteroatoms. The van der Waals surface area contributed by atoms with E-state index in [1.54, 1.807) is 0 Å². The highest BCUT2D eigenvalue weighted by Gasteiger charge is 2.26. The largest absolute Gasteiger partial charge is 0.409 e. The van der Waals surface area contributed by atoms with Gasteiger partial charge < -0.3 is 21.0 Å². The van der Waals surface area contributed by atoms with Crippen molar-refractivity contribution in [1.82, 2.24) is 10.2 Å². The van der Waals surface area contributed by atoms with E-state index < -0.39 is 0 Å². The Hall–Kier alpha value is -1.34. The molecule has 0 aromatic carbocycles. The van der Waals surface area contributed by atoms with Gasteiger partial charge in [0.2, 0.25) is 5.91 Å². The molecule has 1 amide bonds. The van der Waals surface area contributed by atoms with E-state index in [1.165, 1.54) is 0 Å². The quantitative estimate of drug-likeness (QED) is 0.286. The van der Waals surface area contributed by atoms with Crippen molar-refractivity contribution < 1.29 is 14.7 Å². The molecule has 0 aromatic rings. The predicted molar refractivity (Wildman–Crippen MR) is 74.6 cm³/mol. The van der Waals surface area contributed by atoms with Crippen LogP contribution in [-0.2, 0) is 9.53 Å². The van der Waals surface area contributed by atoms with Crippen molar-refractivity contribution >= 4 is 11.7 Å². The second-order valence-electron chi connectivity index (χ2n) is 5.54. The maximum Gasteiger partial charge on any atom is 0.223 e. The average molecular weight is 284 g/mol. The lowest BCUT2D eigenvalue weighted by Crippen LogP contribution is -2.48. The summed E-state index contributed by atoms with van der Waals surface area (Å²) in [6, 6.07) is 0.244. The zero-order valence-corrected chi connectivity index (χ0v) is 11.8. The second-order valence-corrected chi connectivity index (χ2v) is 5.54. The minimum atomic E-state index is 0.110. The van der Waals surface area contributed by atoms with E-state index in [0.29, 0.717) is 19.8 Å². The number of likely N-dealkylation sites (tertiary alicyclic amines) is 1. The van der Waals surface area contributed by atoms with Gasteiger partial charge in [-0.15, -0.1) is 0 Å². The Morgan fingerprint density at radius 2 is 1.95 bits per heavy atom. The lowest BCUT2D eigenvalue weighted by atomic mass is 9.97. The van der Waals surface area contributed by atoms with E-state index in [9.17, 15) is 4.79 Å². The molecule has 2 rings (SSSR count). The molecule has 2 saturated heterocycles. The molecule has 0 unspecified atom stereocenters. The fraction of sp³-hybridized carbons (Fsp3) is 0.846. The Bertz CT molecular complexity index is 348. The minimum Gasteiger partial charge on any atom is -0.409 e. The number of carbonyl (C=O) groups is 1. The first-order valence-electron chi connectivity index (χ1n) is 7.26. The summed E-state index contributed by atoms with van der Waals surface area (Å²) in [5.74, 6) is 0.511. The van der Waals surface area contributed by atoms with Gasteiger partial charge in [-0.2, -0.15) is 0 Å². The highest BCUT2D eigenvalue weighted by atomic mass is 16.5. The molecule has 0 saturated carbocycles. The van der Waals surface area contributed by atoms with Crippen molar-refractivity contribution in [3.63, 3.8) is 0 Å². The zero-order valence-electron chi connectivity index (χ0n) is 11.8. The van der Waals surface area contributed by atoms with Crippen molar-refractivity contribution in [2.45, 2.75) is 31.7 Å². The highest BCUT2D eigenvalue weighted by Crippen LogP contribution is 2.16. The molecule has 114 valence electrons. The topological polar surface area (TPSA) is 100 Å². The number of hydrogen-bond donors (Lipinski definition) is 3. The lowest BCUT2D eigenvalue weighted by Gasteiger charge is -2.33. The lowest BCUT2D eigenvalue weighted by molar-refractivity contribution is -0.128. The summed E-state index contributed by atoms with van der Waals surface area (Å²) in [5, 5.41) is 14.7. The zero-order chi connectivity index (χ0) is 14.4. The van der Waals surface area contributed by atoms with Gasteiger partial charge in [0, 0.05) is 38.3 Å². The van der Waals surface area contributed by atoms with E-state index in [1.807, 2.05) is 0 Å². The van der Waals surface area contributed by atoms with E-state index >= 15 is 0 Å². The van der Waals surface area contributed by atoms with E-state index in [0.717, 1.165) is 38.8 Å². The first kappa shape index (κ1) is 15.1. The number of oxime groups is 1. The Morgan fingerprint density at radius 3 is 2.55 bits per heavy atom. The molecular formula is C13H24N4O3. The second kappa shape index (κ2) is 7.44. The summed E-state index contributed by atoms with van der Waals surface area (Å²) >= 11 is 0. The standard InChI is InChI=1S/C13H24N4O3/c14-12(16-19)9-17-5-1-11(2-6-17)15-13(18)10-3-7-20-8-4-10/h10-11,19H,1-9H2,(H2,14,16)(H,15,18). The van der Waals surface area contributed by atoms with Crippen molar-refractivity contribution in [3.8, 4) is 0 Å². The van der Waals surface area contributed by atoms with Gasteiger partial charge in [0.05, 0.1) is 6.54 Å². The first-order valence-corrected chi connectivity index (χ1v) is 7.26. The van der Waals surface area contributed by atoms with E-state index in [4.69, 9.17) is 15.7 Å². The van der Waals surface area contributed by atoms with Crippen LogP contribution in [0.2, 0.25) is 0 Å². The number of piperidine rings is 1. The van der Waals surface area contributed by atoms with Crippen LogP contribution < -0.4 is 11.1 Å². The Kier molecular flexibility index (Phi) is 5.60. The third-order valence-corrected chi connectivity index (χ3v) is 4.04. The first-order chi connectivity index (χ1) is 9.69. The van der Waals surface area contributed by atoms with Crippen molar-refractivity contribution in [1.29, 1.82) is 0 Å². The summed E-state index contributed by atoms with van der Waals surface area (Å²) in [7, 11) is 0. The van der Waals surface area contributed by atoms with Gasteiger partial charge in [-0.05, 0) is 25.7 Å². The van der Waals surface area contributed by atoms with Crippen molar-refractivity contribution in [2.75, 3.05) is 32.8 Å². The molecule has 4 N–H and O–H groups in total. The third kappa shape index (κ3) is 4.35. The molecule has 2 aliphatic heterocycles. The maximum absolute atomic E-state index is 12.1. The van der Waals surface area contributed by atoms with E-state index in [-0.39, 0.29) is 23.7 Å². The van der Waals surface area contributed by atoms with Gasteiger partial charge in [-0.25, -0.2) is 0 Å². The number of carbonyl (C=O) groups excluding carboxylic acids is 1. The van der Waals surface area contributed by atoms with Crippen LogP contribution in [0.3, 0.4) is 0 Å². The molecule has 2 aliphatic rings. The van der Waals surface area contributed by atoms with Gasteiger partial charge in [-0.3, -0.25) is 9.69 Å². The van der Waals surface area contributed by atoms with Crippen LogP contribution in [0.1, 0.15) is 25.7 Å². The van der Waals surface area contributed by atoms with E-state index in [2.05, 4.69) is 15.4 Å². The molecule has 7 nitrogen and oxygen atoms in total. The third-order valence-electron chi connectivity index (χ3n) is 4.04. The van der Waals surface area contributed by atoms with Gasteiger partial charge >= 0.3 is 0 Å². The summed E-state index contributed by atoms with van der Waals surface area (Å²) in [5.41, 5.74) is 5.49. The number of nitrogens with two attached hydrogens (primary N) is 1. The van der Waals surface area contributed by atoms with Crippen molar-refractivity contribution in [2.24, 2.45) is 16.8 Å². The molecule has 0 aliphatic carbocycles. The van der Waals surface area contributed by atoms with Crippen LogP contribution in [0.5, 0.6) is 0 Å². The maximum atomic E-state index is 12.1. The molecular weight excluding hydrogens is 260 g/mol. The number of ether oxygens (including phenoxy) is 1. The van der Waals surface area contributed by atoms with Gasteiger partial charge in [0.15, 0.2) is 5.84 Å². The molecule has 0 radical (unpaired) electrons. The van der Waals surface area contributed by atoms with Crippen LogP contribution in [-0.4, -0.2) is 60.7 Å². The molecule has 0 aromatic heterocycles. The monoisotopic (exact) mass is 284 g/mol. The Morgan fingerprint density at radius 1 is 1.30 bits per heavy atom. The number of nitrogens with zero attached hydrogens (tertiary/aromatic N) is 2. The van der Waals surface area contributed by atoms with Gasteiger partial charge in [0.25, 0.3) is 0 Å². The predicted octanol–water partition coefficient (Wildman–Crippen LogP) is -0.260. The number of hydrogen-bond acceptors (Lipinski definition) is 5. The van der Waals surface area contributed by atoms with Crippen LogP contribution in [0, 0.1) is 5.92 Å². The normalized spacial score (nSPS) is 23.7. The Balaban J connectivity index is 1.69.